The number of methoxy groups -OCH3 is 1. The first-order valence-corrected chi connectivity index (χ1v) is 4.88. The van der Waals surface area contributed by atoms with Crippen molar-refractivity contribution in [3.05, 3.63) is 29.6 Å². The third kappa shape index (κ3) is 2.41. The molecule has 0 bridgehead atoms. The van der Waals surface area contributed by atoms with Crippen LogP contribution >= 0.6 is 12.4 Å². The van der Waals surface area contributed by atoms with Crippen molar-refractivity contribution in [1.29, 1.82) is 0 Å². The van der Waals surface area contributed by atoms with Crippen LogP contribution in [0.4, 0.5) is 4.39 Å². The summed E-state index contributed by atoms with van der Waals surface area (Å²) >= 11 is 0. The molecule has 1 aliphatic rings. The molecule has 2 nitrogen and oxygen atoms in total. The van der Waals surface area contributed by atoms with Gasteiger partial charge in [-0.05, 0) is 25.5 Å². The number of hydrogen-bond acceptors (Lipinski definition) is 2. The van der Waals surface area contributed by atoms with E-state index in [2.05, 4.69) is 5.32 Å². The van der Waals surface area contributed by atoms with E-state index in [0.29, 0.717) is 5.75 Å². The quantitative estimate of drug-likeness (QED) is 0.845. The zero-order valence-corrected chi connectivity index (χ0v) is 9.44. The van der Waals surface area contributed by atoms with Crippen molar-refractivity contribution in [2.24, 2.45) is 0 Å². The van der Waals surface area contributed by atoms with E-state index in [9.17, 15) is 4.39 Å². The molecular weight excluding hydrogens is 217 g/mol. The van der Waals surface area contributed by atoms with E-state index in [1.54, 1.807) is 6.07 Å². The van der Waals surface area contributed by atoms with Crippen LogP contribution in [0.25, 0.3) is 0 Å². The summed E-state index contributed by atoms with van der Waals surface area (Å²) in [5.74, 6) is 0.102. The molecule has 2 rings (SSSR count). The second-order valence-electron chi connectivity index (χ2n) is 3.51. The van der Waals surface area contributed by atoms with Gasteiger partial charge in [0, 0.05) is 11.6 Å². The number of para-hydroxylation sites is 1. The summed E-state index contributed by atoms with van der Waals surface area (Å²) in [6.45, 7) is 1.00. The molecule has 0 spiro atoms. The molecule has 0 radical (unpaired) electrons. The molecule has 0 saturated carbocycles. The standard InChI is InChI=1S/C11H14FNO.ClH/c1-14-11-8(4-2-5-9(11)12)10-6-3-7-13-10;/h2,4-5,10,13H,3,6-7H2,1H3;1H/t10-;/m1./s1. The van der Waals surface area contributed by atoms with E-state index in [4.69, 9.17) is 4.74 Å². The van der Waals surface area contributed by atoms with Gasteiger partial charge in [-0.2, -0.15) is 0 Å². The van der Waals surface area contributed by atoms with E-state index in [1.807, 2.05) is 6.07 Å². The van der Waals surface area contributed by atoms with Crippen LogP contribution in [0.15, 0.2) is 18.2 Å². The number of rotatable bonds is 2. The zero-order chi connectivity index (χ0) is 9.97. The molecule has 1 atom stereocenters. The first kappa shape index (κ1) is 12.3. The molecule has 4 heteroatoms. The van der Waals surface area contributed by atoms with Crippen molar-refractivity contribution >= 4 is 12.4 Å². The molecule has 1 aromatic rings. The van der Waals surface area contributed by atoms with Crippen LogP contribution in [0.5, 0.6) is 5.75 Å². The van der Waals surface area contributed by atoms with Gasteiger partial charge in [0.2, 0.25) is 0 Å². The van der Waals surface area contributed by atoms with Gasteiger partial charge < -0.3 is 10.1 Å². The molecule has 0 aliphatic carbocycles. The van der Waals surface area contributed by atoms with Gasteiger partial charge in [0.1, 0.15) is 0 Å². The van der Waals surface area contributed by atoms with Gasteiger partial charge in [-0.3, -0.25) is 0 Å². The number of nitrogens with one attached hydrogen (secondary N) is 1. The maximum absolute atomic E-state index is 13.4. The van der Waals surface area contributed by atoms with E-state index in [1.165, 1.54) is 13.2 Å². The largest absolute Gasteiger partial charge is 0.493 e. The minimum absolute atomic E-state index is 0. The van der Waals surface area contributed by atoms with Gasteiger partial charge >= 0.3 is 0 Å². The monoisotopic (exact) mass is 231 g/mol. The topological polar surface area (TPSA) is 21.3 Å². The molecule has 1 aromatic carbocycles. The van der Waals surface area contributed by atoms with Crippen LogP contribution in [-0.2, 0) is 0 Å². The summed E-state index contributed by atoms with van der Waals surface area (Å²) in [5, 5.41) is 3.33. The second kappa shape index (κ2) is 5.33. The highest BCUT2D eigenvalue weighted by atomic mass is 35.5. The molecular formula is C11H15ClFNO. The van der Waals surface area contributed by atoms with Crippen LogP contribution < -0.4 is 10.1 Å². The Labute approximate surface area is 95.2 Å². The third-order valence-corrected chi connectivity index (χ3v) is 2.64. The van der Waals surface area contributed by atoms with E-state index in [0.717, 1.165) is 24.9 Å². The molecule has 1 heterocycles. The highest BCUT2D eigenvalue weighted by molar-refractivity contribution is 5.85. The fourth-order valence-electron chi connectivity index (χ4n) is 1.97. The Morgan fingerprint density at radius 3 is 2.87 bits per heavy atom. The lowest BCUT2D eigenvalue weighted by Gasteiger charge is -2.15. The Hall–Kier alpha value is -0.800. The van der Waals surface area contributed by atoms with Crippen molar-refractivity contribution in [3.8, 4) is 5.75 Å². The number of ether oxygens (including phenoxy) is 1. The Balaban J connectivity index is 0.00000112. The summed E-state index contributed by atoms with van der Waals surface area (Å²) in [6.07, 6.45) is 2.20. The van der Waals surface area contributed by atoms with Crippen molar-refractivity contribution < 1.29 is 9.13 Å². The fraction of sp³-hybridized carbons (Fsp3) is 0.455. The highest BCUT2D eigenvalue weighted by Gasteiger charge is 2.21. The lowest BCUT2D eigenvalue weighted by atomic mass is 10.0. The van der Waals surface area contributed by atoms with E-state index in [-0.39, 0.29) is 24.3 Å². The molecule has 0 amide bonds. The Morgan fingerprint density at radius 1 is 1.47 bits per heavy atom. The lowest BCUT2D eigenvalue weighted by molar-refractivity contribution is 0.376. The number of halogens is 2. The third-order valence-electron chi connectivity index (χ3n) is 2.64. The van der Waals surface area contributed by atoms with Crippen LogP contribution in [0.3, 0.4) is 0 Å². The molecule has 1 aliphatic heterocycles. The maximum atomic E-state index is 13.4. The molecule has 15 heavy (non-hydrogen) atoms. The van der Waals surface area contributed by atoms with Gasteiger partial charge in [0.05, 0.1) is 7.11 Å². The van der Waals surface area contributed by atoms with Crippen LogP contribution in [0.2, 0.25) is 0 Å². The summed E-state index contributed by atoms with van der Waals surface area (Å²) in [5.41, 5.74) is 0.935. The summed E-state index contributed by atoms with van der Waals surface area (Å²) in [6, 6.07) is 5.33. The molecule has 84 valence electrons. The van der Waals surface area contributed by atoms with Crippen molar-refractivity contribution in [1.82, 2.24) is 5.32 Å². The smallest absolute Gasteiger partial charge is 0.165 e. The maximum Gasteiger partial charge on any atom is 0.165 e. The average molecular weight is 232 g/mol. The lowest BCUT2D eigenvalue weighted by Crippen LogP contribution is -2.14. The molecule has 0 aromatic heterocycles. The second-order valence-corrected chi connectivity index (χ2v) is 3.51. The van der Waals surface area contributed by atoms with Crippen molar-refractivity contribution in [3.63, 3.8) is 0 Å². The SMILES string of the molecule is COc1c(F)cccc1[C@H]1CCCN1.Cl. The van der Waals surface area contributed by atoms with Gasteiger partial charge in [0.25, 0.3) is 0 Å². The van der Waals surface area contributed by atoms with Gasteiger partial charge in [-0.15, -0.1) is 12.4 Å². The first-order valence-electron chi connectivity index (χ1n) is 4.88. The molecule has 1 N–H and O–H groups in total. The van der Waals surface area contributed by atoms with Crippen LogP contribution in [0, 0.1) is 5.82 Å². The highest BCUT2D eigenvalue weighted by Crippen LogP contribution is 2.32. The van der Waals surface area contributed by atoms with E-state index < -0.39 is 0 Å². The average Bonchev–Trinajstić information content (AvgIpc) is 2.70. The van der Waals surface area contributed by atoms with Crippen molar-refractivity contribution in [2.75, 3.05) is 13.7 Å². The fourth-order valence-corrected chi connectivity index (χ4v) is 1.97. The summed E-state index contributed by atoms with van der Waals surface area (Å²) < 4.78 is 18.4. The summed E-state index contributed by atoms with van der Waals surface area (Å²) in [4.78, 5) is 0. The first-order chi connectivity index (χ1) is 6.83. The zero-order valence-electron chi connectivity index (χ0n) is 8.63. The molecule has 0 unspecified atom stereocenters. The Bertz CT molecular complexity index is 326. The van der Waals surface area contributed by atoms with E-state index >= 15 is 0 Å². The molecule has 1 saturated heterocycles. The minimum atomic E-state index is -0.279. The summed E-state index contributed by atoms with van der Waals surface area (Å²) in [7, 11) is 1.51. The number of benzene rings is 1. The van der Waals surface area contributed by atoms with Crippen LogP contribution in [-0.4, -0.2) is 13.7 Å². The van der Waals surface area contributed by atoms with Gasteiger partial charge in [0.15, 0.2) is 11.6 Å². The Morgan fingerprint density at radius 2 is 2.27 bits per heavy atom. The van der Waals surface area contributed by atoms with Crippen LogP contribution in [0.1, 0.15) is 24.4 Å². The van der Waals surface area contributed by atoms with Gasteiger partial charge in [-0.1, -0.05) is 12.1 Å². The number of hydrogen-bond donors (Lipinski definition) is 1. The minimum Gasteiger partial charge on any atom is -0.493 e. The van der Waals surface area contributed by atoms with Crippen molar-refractivity contribution in [2.45, 2.75) is 18.9 Å². The molecule has 1 fully saturated rings. The van der Waals surface area contributed by atoms with Gasteiger partial charge in [-0.25, -0.2) is 4.39 Å². The predicted octanol–water partition coefficient (Wildman–Crippen LogP) is 2.68. The predicted molar refractivity (Wildman–Crippen MR) is 60.2 cm³/mol. The normalized spacial score (nSPS) is 19.7. The Kier molecular flexibility index (Phi) is 4.36.